The predicted molar refractivity (Wildman–Crippen MR) is 60.1 cm³/mol. The van der Waals surface area contributed by atoms with Gasteiger partial charge in [0.15, 0.2) is 0 Å². The minimum Gasteiger partial charge on any atom is -0.507 e. The highest BCUT2D eigenvalue weighted by atomic mass is 16.5. The normalized spacial score (nSPS) is 10.4. The van der Waals surface area contributed by atoms with Crippen LogP contribution in [0.25, 0.3) is 11.3 Å². The number of rotatable bonds is 1. The summed E-state index contributed by atoms with van der Waals surface area (Å²) < 4.78 is 4.93. The molecule has 0 spiro atoms. The lowest BCUT2D eigenvalue weighted by atomic mass is 10.1. The van der Waals surface area contributed by atoms with Gasteiger partial charge < -0.3 is 19.7 Å². The van der Waals surface area contributed by atoms with Gasteiger partial charge in [0.05, 0.1) is 5.56 Å². The second-order valence-corrected chi connectivity index (χ2v) is 3.56. The average molecular weight is 234 g/mol. The predicted octanol–water partition coefficient (Wildman–Crippen LogP) is 1.73. The Morgan fingerprint density at radius 2 is 1.76 bits per heavy atom. The molecule has 5 nitrogen and oxygen atoms in total. The van der Waals surface area contributed by atoms with Crippen LogP contribution in [0, 0.1) is 6.92 Å². The van der Waals surface area contributed by atoms with Crippen molar-refractivity contribution < 1.29 is 19.7 Å². The third kappa shape index (κ3) is 1.71. The van der Waals surface area contributed by atoms with Crippen LogP contribution in [0.2, 0.25) is 0 Å². The smallest absolute Gasteiger partial charge is 0.330 e. The van der Waals surface area contributed by atoms with Gasteiger partial charge >= 0.3 is 5.95 Å². The van der Waals surface area contributed by atoms with Gasteiger partial charge in [0, 0.05) is 5.56 Å². The Morgan fingerprint density at radius 3 is 2.41 bits per heavy atom. The van der Waals surface area contributed by atoms with E-state index in [1.807, 2.05) is 0 Å². The van der Waals surface area contributed by atoms with Crippen molar-refractivity contribution in [2.24, 2.45) is 0 Å². The molecule has 0 unspecified atom stereocenters. The van der Waals surface area contributed by atoms with Gasteiger partial charge in [-0.05, 0) is 19.1 Å². The molecule has 1 aromatic heterocycles. The maximum atomic E-state index is 11.5. The van der Waals surface area contributed by atoms with Gasteiger partial charge in [-0.1, -0.05) is 12.1 Å². The molecule has 0 amide bonds. The highest BCUT2D eigenvalue weighted by Gasteiger charge is 2.18. The van der Waals surface area contributed by atoms with Crippen molar-refractivity contribution in [3.63, 3.8) is 0 Å². The van der Waals surface area contributed by atoms with Crippen molar-refractivity contribution in [2.75, 3.05) is 0 Å². The van der Waals surface area contributed by atoms with Crippen LogP contribution < -0.4 is 5.43 Å². The molecule has 0 aliphatic rings. The summed E-state index contributed by atoms with van der Waals surface area (Å²) in [6.45, 7) is 1.44. The first-order valence-electron chi connectivity index (χ1n) is 4.86. The van der Waals surface area contributed by atoms with Crippen LogP contribution in [-0.4, -0.2) is 15.3 Å². The Hall–Kier alpha value is -2.43. The maximum Gasteiger partial charge on any atom is 0.330 e. The van der Waals surface area contributed by atoms with Crippen LogP contribution >= 0.6 is 0 Å². The van der Waals surface area contributed by atoms with Crippen LogP contribution in [0.3, 0.4) is 0 Å². The molecule has 2 aromatic rings. The highest BCUT2D eigenvalue weighted by molar-refractivity contribution is 5.68. The van der Waals surface area contributed by atoms with E-state index in [4.69, 9.17) is 4.42 Å². The number of hydrogen-bond donors (Lipinski definition) is 3. The van der Waals surface area contributed by atoms with Gasteiger partial charge in [-0.3, -0.25) is 4.79 Å². The van der Waals surface area contributed by atoms with E-state index >= 15 is 0 Å². The van der Waals surface area contributed by atoms with Crippen LogP contribution in [0.1, 0.15) is 5.56 Å². The van der Waals surface area contributed by atoms with E-state index in [-0.39, 0.29) is 22.6 Å². The lowest BCUT2D eigenvalue weighted by molar-refractivity contribution is 0.291. The summed E-state index contributed by atoms with van der Waals surface area (Å²) in [7, 11) is 0. The quantitative estimate of drug-likeness (QED) is 0.699. The molecule has 0 saturated heterocycles. The Morgan fingerprint density at radius 1 is 1.12 bits per heavy atom. The van der Waals surface area contributed by atoms with E-state index in [9.17, 15) is 20.1 Å². The van der Waals surface area contributed by atoms with Gasteiger partial charge in [-0.2, -0.15) is 0 Å². The van der Waals surface area contributed by atoms with Gasteiger partial charge in [-0.25, -0.2) is 0 Å². The SMILES string of the molecule is Cc1c(-c2ccccc2O)oc(O)c(O)c1=O. The summed E-state index contributed by atoms with van der Waals surface area (Å²) in [5.74, 6) is -1.74. The van der Waals surface area contributed by atoms with Crippen LogP contribution in [0.5, 0.6) is 17.4 Å². The summed E-state index contributed by atoms with van der Waals surface area (Å²) in [4.78, 5) is 11.5. The molecule has 0 fully saturated rings. The van der Waals surface area contributed by atoms with Crippen molar-refractivity contribution in [3.05, 3.63) is 40.1 Å². The lowest BCUT2D eigenvalue weighted by Crippen LogP contribution is -2.06. The van der Waals surface area contributed by atoms with E-state index in [1.165, 1.54) is 19.1 Å². The number of hydrogen-bond acceptors (Lipinski definition) is 5. The number of phenolic OH excluding ortho intramolecular Hbond substituents is 1. The molecular formula is C12H10O5. The van der Waals surface area contributed by atoms with Crippen LogP contribution in [-0.2, 0) is 0 Å². The minimum absolute atomic E-state index is 0.0309. The molecule has 3 N–H and O–H groups in total. The van der Waals surface area contributed by atoms with E-state index in [1.54, 1.807) is 12.1 Å². The third-order valence-electron chi connectivity index (χ3n) is 2.45. The molecule has 0 aliphatic carbocycles. The Kier molecular flexibility index (Phi) is 2.51. The van der Waals surface area contributed by atoms with E-state index < -0.39 is 17.1 Å². The van der Waals surface area contributed by atoms with Crippen molar-refractivity contribution >= 4 is 0 Å². The largest absolute Gasteiger partial charge is 0.507 e. The molecule has 2 rings (SSSR count). The van der Waals surface area contributed by atoms with E-state index in [0.29, 0.717) is 0 Å². The fourth-order valence-electron chi connectivity index (χ4n) is 1.52. The van der Waals surface area contributed by atoms with Gasteiger partial charge in [0.25, 0.3) is 0 Å². The van der Waals surface area contributed by atoms with Crippen LogP contribution in [0.15, 0.2) is 33.5 Å². The molecule has 1 aromatic carbocycles. The van der Waals surface area contributed by atoms with E-state index in [2.05, 4.69) is 0 Å². The molecule has 0 saturated carbocycles. The molecule has 17 heavy (non-hydrogen) atoms. The number of aromatic hydroxyl groups is 3. The minimum atomic E-state index is -0.862. The molecule has 1 heterocycles. The molecule has 0 bridgehead atoms. The fourth-order valence-corrected chi connectivity index (χ4v) is 1.52. The first-order valence-corrected chi connectivity index (χ1v) is 4.86. The average Bonchev–Trinajstić information content (AvgIpc) is 2.32. The van der Waals surface area contributed by atoms with Crippen molar-refractivity contribution in [1.29, 1.82) is 0 Å². The first-order chi connectivity index (χ1) is 8.02. The summed E-state index contributed by atoms with van der Waals surface area (Å²) in [5.41, 5.74) is -0.341. The van der Waals surface area contributed by atoms with Crippen molar-refractivity contribution in [2.45, 2.75) is 6.92 Å². The zero-order valence-corrected chi connectivity index (χ0v) is 8.97. The zero-order valence-electron chi connectivity index (χ0n) is 8.97. The topological polar surface area (TPSA) is 90.9 Å². The summed E-state index contributed by atoms with van der Waals surface area (Å²) in [5, 5.41) is 28.1. The van der Waals surface area contributed by atoms with Crippen molar-refractivity contribution in [3.8, 4) is 28.8 Å². The third-order valence-corrected chi connectivity index (χ3v) is 2.45. The Bertz CT molecular complexity index is 627. The molecule has 5 heteroatoms. The number of para-hydroxylation sites is 1. The molecule has 0 atom stereocenters. The number of benzene rings is 1. The second kappa shape index (κ2) is 3.86. The molecule has 0 aliphatic heterocycles. The second-order valence-electron chi connectivity index (χ2n) is 3.56. The van der Waals surface area contributed by atoms with E-state index in [0.717, 1.165) is 0 Å². The van der Waals surface area contributed by atoms with Crippen LogP contribution in [0.4, 0.5) is 0 Å². The molecule has 88 valence electrons. The number of phenols is 1. The summed E-state index contributed by atoms with van der Waals surface area (Å²) in [6, 6.07) is 6.24. The highest BCUT2D eigenvalue weighted by Crippen LogP contribution is 2.34. The monoisotopic (exact) mass is 234 g/mol. The summed E-state index contributed by atoms with van der Waals surface area (Å²) >= 11 is 0. The molecular weight excluding hydrogens is 224 g/mol. The standard InChI is InChI=1S/C12H10O5/c1-6-9(14)10(15)12(16)17-11(6)7-4-2-3-5-8(7)13/h2-5,13,15-16H,1H3. The first kappa shape index (κ1) is 11.1. The Balaban J connectivity index is 2.78. The van der Waals surface area contributed by atoms with Gasteiger partial charge in [-0.15, -0.1) is 0 Å². The lowest BCUT2D eigenvalue weighted by Gasteiger charge is -2.07. The zero-order chi connectivity index (χ0) is 12.6. The van der Waals surface area contributed by atoms with Gasteiger partial charge in [0.2, 0.25) is 11.2 Å². The maximum absolute atomic E-state index is 11.5. The van der Waals surface area contributed by atoms with Crippen molar-refractivity contribution in [1.82, 2.24) is 0 Å². The Labute approximate surface area is 96.2 Å². The fraction of sp³-hybridized carbons (Fsp3) is 0.0833. The summed E-state index contributed by atoms with van der Waals surface area (Å²) in [6.07, 6.45) is 0. The van der Waals surface area contributed by atoms with Gasteiger partial charge in [0.1, 0.15) is 11.5 Å². The molecule has 0 radical (unpaired) electrons.